The molecule has 0 spiro atoms. The molecule has 13 heavy (non-hydrogen) atoms. The lowest BCUT2D eigenvalue weighted by Gasteiger charge is -2.05. The van der Waals surface area contributed by atoms with Gasteiger partial charge in [0.05, 0.1) is 0 Å². The van der Waals surface area contributed by atoms with Crippen molar-refractivity contribution < 1.29 is 0 Å². The minimum Gasteiger partial charge on any atom is -0.261 e. The summed E-state index contributed by atoms with van der Waals surface area (Å²) in [6, 6.07) is 4.21. The van der Waals surface area contributed by atoms with Crippen LogP contribution in [0.25, 0.3) is 0 Å². The highest BCUT2D eigenvalue weighted by atomic mass is 79.9. The molecule has 0 saturated carbocycles. The number of aryl methyl sites for hydroxylation is 2. The Hall–Kier alpha value is 0.110. The Bertz CT molecular complexity index is 246. The van der Waals surface area contributed by atoms with E-state index in [0.717, 1.165) is 23.9 Å². The number of hydrogen-bond acceptors (Lipinski definition) is 1. The van der Waals surface area contributed by atoms with Crippen molar-refractivity contribution in [3.05, 3.63) is 29.6 Å². The molecule has 1 atom stereocenters. The fourth-order valence-corrected chi connectivity index (χ4v) is 1.60. The van der Waals surface area contributed by atoms with Gasteiger partial charge in [-0.1, -0.05) is 37.9 Å². The van der Waals surface area contributed by atoms with E-state index in [1.54, 1.807) is 0 Å². The van der Waals surface area contributed by atoms with E-state index in [4.69, 9.17) is 0 Å². The Balaban J connectivity index is 2.41. The van der Waals surface area contributed by atoms with Gasteiger partial charge >= 0.3 is 0 Å². The minimum absolute atomic E-state index is 0.564. The van der Waals surface area contributed by atoms with Crippen LogP contribution in [0.15, 0.2) is 18.3 Å². The SMILES string of the molecule is Cc1ccc(CCC(Br)CBr)cn1. The number of halogens is 2. The third-order valence-corrected chi connectivity index (χ3v) is 4.32. The summed E-state index contributed by atoms with van der Waals surface area (Å²) in [5.41, 5.74) is 2.40. The molecule has 0 N–H and O–H groups in total. The number of alkyl halides is 2. The van der Waals surface area contributed by atoms with Crippen LogP contribution in [-0.2, 0) is 6.42 Å². The van der Waals surface area contributed by atoms with E-state index in [-0.39, 0.29) is 0 Å². The first kappa shape index (κ1) is 11.2. The number of rotatable bonds is 4. The van der Waals surface area contributed by atoms with Gasteiger partial charge in [0.1, 0.15) is 0 Å². The second kappa shape index (κ2) is 5.76. The minimum atomic E-state index is 0.564. The van der Waals surface area contributed by atoms with Crippen LogP contribution in [0.1, 0.15) is 17.7 Å². The van der Waals surface area contributed by atoms with E-state index in [2.05, 4.69) is 49.0 Å². The number of aromatic nitrogens is 1. The van der Waals surface area contributed by atoms with Crippen LogP contribution in [0.4, 0.5) is 0 Å². The van der Waals surface area contributed by atoms with Crippen LogP contribution in [0, 0.1) is 6.92 Å². The van der Waals surface area contributed by atoms with Gasteiger partial charge in [0.15, 0.2) is 0 Å². The van der Waals surface area contributed by atoms with Gasteiger partial charge in [-0.25, -0.2) is 0 Å². The molecule has 0 aliphatic carbocycles. The summed E-state index contributed by atoms with van der Waals surface area (Å²) in [4.78, 5) is 4.82. The Kier molecular flexibility index (Phi) is 4.96. The van der Waals surface area contributed by atoms with E-state index in [1.807, 2.05) is 13.1 Å². The zero-order chi connectivity index (χ0) is 9.68. The van der Waals surface area contributed by atoms with Crippen LogP contribution >= 0.6 is 31.9 Å². The molecule has 1 aromatic rings. The van der Waals surface area contributed by atoms with Crippen LogP contribution in [0.5, 0.6) is 0 Å². The van der Waals surface area contributed by atoms with Crippen LogP contribution in [0.3, 0.4) is 0 Å². The summed E-state index contributed by atoms with van der Waals surface area (Å²) in [6.45, 7) is 2.01. The van der Waals surface area contributed by atoms with Gasteiger partial charge in [-0.05, 0) is 31.4 Å². The monoisotopic (exact) mass is 305 g/mol. The molecule has 0 amide bonds. The van der Waals surface area contributed by atoms with Gasteiger partial charge in [0.25, 0.3) is 0 Å². The van der Waals surface area contributed by atoms with E-state index in [0.29, 0.717) is 4.83 Å². The summed E-state index contributed by atoms with van der Waals surface area (Å²) < 4.78 is 0. The number of hydrogen-bond donors (Lipinski definition) is 0. The average Bonchev–Trinajstić information content (AvgIpc) is 2.16. The topological polar surface area (TPSA) is 12.9 Å². The van der Waals surface area contributed by atoms with Gasteiger partial charge in [0, 0.05) is 22.0 Å². The third kappa shape index (κ3) is 4.23. The Morgan fingerprint density at radius 1 is 1.46 bits per heavy atom. The smallest absolute Gasteiger partial charge is 0.0372 e. The zero-order valence-electron chi connectivity index (χ0n) is 7.63. The maximum Gasteiger partial charge on any atom is 0.0372 e. The van der Waals surface area contributed by atoms with Crippen molar-refractivity contribution in [2.45, 2.75) is 24.6 Å². The fourth-order valence-electron chi connectivity index (χ4n) is 1.05. The van der Waals surface area contributed by atoms with E-state index < -0.39 is 0 Å². The van der Waals surface area contributed by atoms with Crippen molar-refractivity contribution in [3.63, 3.8) is 0 Å². The molecule has 0 saturated heterocycles. The lowest BCUT2D eigenvalue weighted by Crippen LogP contribution is -2.01. The predicted octanol–water partition coefficient (Wildman–Crippen LogP) is 3.48. The predicted molar refractivity (Wildman–Crippen MR) is 63.8 cm³/mol. The standard InChI is InChI=1S/C10H13Br2N/c1-8-2-3-9(7-13-8)4-5-10(12)6-11/h2-3,7,10H,4-6H2,1H3. The molecule has 0 radical (unpaired) electrons. The molecule has 0 aliphatic heterocycles. The maximum atomic E-state index is 4.26. The summed E-state index contributed by atoms with van der Waals surface area (Å²) in [6.07, 6.45) is 4.20. The first-order valence-corrected chi connectivity index (χ1v) is 6.37. The first-order valence-electron chi connectivity index (χ1n) is 4.34. The normalized spacial score (nSPS) is 12.8. The van der Waals surface area contributed by atoms with Crippen LogP contribution in [0.2, 0.25) is 0 Å². The molecular weight excluding hydrogens is 294 g/mol. The summed E-state index contributed by atoms with van der Waals surface area (Å²) in [5.74, 6) is 0. The molecular formula is C10H13Br2N. The molecule has 0 aliphatic rings. The Morgan fingerprint density at radius 2 is 2.23 bits per heavy atom. The number of pyridine rings is 1. The molecule has 0 fully saturated rings. The molecule has 1 rings (SSSR count). The largest absolute Gasteiger partial charge is 0.261 e. The highest BCUT2D eigenvalue weighted by molar-refractivity contribution is 9.12. The van der Waals surface area contributed by atoms with Gasteiger partial charge in [-0.3, -0.25) is 4.98 Å². The zero-order valence-corrected chi connectivity index (χ0v) is 10.8. The van der Waals surface area contributed by atoms with Gasteiger partial charge in [-0.15, -0.1) is 0 Å². The Labute approximate surface area is 96.2 Å². The maximum absolute atomic E-state index is 4.26. The van der Waals surface area contributed by atoms with Gasteiger partial charge in [-0.2, -0.15) is 0 Å². The van der Waals surface area contributed by atoms with Crippen LogP contribution in [-0.4, -0.2) is 15.1 Å². The molecule has 1 aromatic heterocycles. The molecule has 1 nitrogen and oxygen atoms in total. The molecule has 3 heteroatoms. The molecule has 1 unspecified atom stereocenters. The van der Waals surface area contributed by atoms with Crippen LogP contribution < -0.4 is 0 Å². The Morgan fingerprint density at radius 3 is 2.77 bits per heavy atom. The molecule has 0 bridgehead atoms. The van der Waals surface area contributed by atoms with Crippen molar-refractivity contribution >= 4 is 31.9 Å². The average molecular weight is 307 g/mol. The lowest BCUT2D eigenvalue weighted by molar-refractivity contribution is 0.827. The highest BCUT2D eigenvalue weighted by Gasteiger charge is 2.02. The van der Waals surface area contributed by atoms with E-state index in [1.165, 1.54) is 5.56 Å². The third-order valence-electron chi connectivity index (χ3n) is 1.89. The fraction of sp³-hybridized carbons (Fsp3) is 0.500. The molecule has 72 valence electrons. The lowest BCUT2D eigenvalue weighted by atomic mass is 10.1. The van der Waals surface area contributed by atoms with Crippen molar-refractivity contribution in [2.75, 3.05) is 5.33 Å². The molecule has 1 heterocycles. The van der Waals surface area contributed by atoms with E-state index >= 15 is 0 Å². The first-order chi connectivity index (χ1) is 6.22. The second-order valence-electron chi connectivity index (χ2n) is 3.10. The molecule has 0 aromatic carbocycles. The number of nitrogens with zero attached hydrogens (tertiary/aromatic N) is 1. The van der Waals surface area contributed by atoms with E-state index in [9.17, 15) is 0 Å². The highest BCUT2D eigenvalue weighted by Crippen LogP contribution is 2.12. The summed E-state index contributed by atoms with van der Waals surface area (Å²) in [7, 11) is 0. The summed E-state index contributed by atoms with van der Waals surface area (Å²) >= 11 is 7.02. The van der Waals surface area contributed by atoms with Crippen molar-refractivity contribution in [1.29, 1.82) is 0 Å². The quantitative estimate of drug-likeness (QED) is 0.776. The van der Waals surface area contributed by atoms with Gasteiger partial charge < -0.3 is 0 Å². The van der Waals surface area contributed by atoms with Gasteiger partial charge in [0.2, 0.25) is 0 Å². The second-order valence-corrected chi connectivity index (χ2v) is 5.04. The van der Waals surface area contributed by atoms with Crippen molar-refractivity contribution in [3.8, 4) is 0 Å². The van der Waals surface area contributed by atoms with Crippen molar-refractivity contribution in [1.82, 2.24) is 4.98 Å². The summed E-state index contributed by atoms with van der Waals surface area (Å²) in [5, 5.41) is 1.01. The van der Waals surface area contributed by atoms with Crippen molar-refractivity contribution in [2.24, 2.45) is 0 Å².